The van der Waals surface area contributed by atoms with Crippen molar-refractivity contribution in [3.63, 3.8) is 0 Å². The molecule has 1 N–H and O–H groups in total. The monoisotopic (exact) mass is 346 g/mol. The van der Waals surface area contributed by atoms with Gasteiger partial charge in [0.05, 0.1) is 39.4 Å². The third kappa shape index (κ3) is 4.30. The van der Waals surface area contributed by atoms with E-state index in [1.54, 1.807) is 24.3 Å². The van der Waals surface area contributed by atoms with E-state index in [-0.39, 0.29) is 19.0 Å². The van der Waals surface area contributed by atoms with Gasteiger partial charge in [0.25, 0.3) is 0 Å². The number of hydrogen-bond acceptors (Lipinski definition) is 4. The van der Waals surface area contributed by atoms with Crippen LogP contribution in [0.1, 0.15) is 20.8 Å². The summed E-state index contributed by atoms with van der Waals surface area (Å²) in [7, 11) is -4.79. The molecule has 0 fully saturated rings. The molecule has 8 heteroatoms. The molecule has 1 heterocycles. The van der Waals surface area contributed by atoms with E-state index >= 15 is 0 Å². The zero-order valence-corrected chi connectivity index (χ0v) is 14.8. The Balaban J connectivity index is 0.00000116. The van der Waals surface area contributed by atoms with E-state index in [0.29, 0.717) is 10.6 Å². The van der Waals surface area contributed by atoms with Gasteiger partial charge in [-0.25, -0.2) is 8.42 Å². The molecule has 2 atom stereocenters. The Labute approximate surface area is 134 Å². The van der Waals surface area contributed by atoms with Crippen LogP contribution >= 0.6 is 0 Å². The normalized spacial score (nSPS) is 20.5. The number of nitrogens with one attached hydrogen (secondary N) is 1. The Morgan fingerprint density at radius 3 is 2.50 bits per heavy atom. The Bertz CT molecular complexity index is 659. The highest BCUT2D eigenvalue weighted by Gasteiger charge is 2.34. The molecule has 0 saturated heterocycles. The second-order valence-corrected chi connectivity index (χ2v) is 8.23. The molecule has 2 rings (SSSR count). The van der Waals surface area contributed by atoms with Crippen molar-refractivity contribution in [3.05, 3.63) is 24.3 Å². The quantitative estimate of drug-likeness (QED) is 0.888. The number of nitrogens with zero attached hydrogens (tertiary/aromatic N) is 1. The number of para-hydroxylation sites is 1. The van der Waals surface area contributed by atoms with Crippen molar-refractivity contribution in [2.45, 2.75) is 30.9 Å². The second kappa shape index (κ2) is 7.73. The van der Waals surface area contributed by atoms with Gasteiger partial charge in [0, 0.05) is 13.5 Å². The van der Waals surface area contributed by atoms with Crippen LogP contribution in [0, 0.1) is 0 Å². The van der Waals surface area contributed by atoms with Crippen LogP contribution in [0.5, 0.6) is 0 Å². The number of sulfonamides is 1. The Morgan fingerprint density at radius 1 is 1.36 bits per heavy atom. The van der Waals surface area contributed by atoms with Crippen molar-refractivity contribution < 1.29 is 17.4 Å². The molecule has 124 valence electrons. The molecule has 0 bridgehead atoms. The molecule has 0 radical (unpaired) electrons. The molecule has 1 aromatic rings. The van der Waals surface area contributed by atoms with Crippen LogP contribution in [-0.2, 0) is 25.6 Å². The topological polar surface area (TPSA) is 83.6 Å². The van der Waals surface area contributed by atoms with Crippen LogP contribution in [0.2, 0.25) is 0 Å². The predicted molar refractivity (Wildman–Crippen MR) is 88.9 cm³/mol. The highest BCUT2D eigenvalue weighted by atomic mass is 32.2. The minimum atomic E-state index is -3.45. The number of benzene rings is 1. The number of fused-ring (bicyclic) bond motifs is 1. The van der Waals surface area contributed by atoms with Gasteiger partial charge in [-0.2, -0.15) is 0 Å². The molecule has 0 spiro atoms. The molecular weight excluding hydrogens is 324 g/mol. The summed E-state index contributed by atoms with van der Waals surface area (Å²) < 4.78 is 37.4. The minimum Gasteiger partial charge on any atom is -0.355 e. The number of rotatable bonds is 3. The SMILES string of the molecule is CC.CC(=O)NC[C@H]1CN(S(C)(=O)=O)c2ccccc2S1=O. The minimum absolute atomic E-state index is 0.0999. The average Bonchev–Trinajstić information content (AvgIpc) is 2.47. The summed E-state index contributed by atoms with van der Waals surface area (Å²) in [6.45, 7) is 5.65. The maximum Gasteiger partial charge on any atom is 0.232 e. The molecule has 1 aromatic carbocycles. The van der Waals surface area contributed by atoms with Crippen LogP contribution in [0.25, 0.3) is 0 Å². The predicted octanol–water partition coefficient (Wildman–Crippen LogP) is 1.10. The number of hydrogen-bond donors (Lipinski definition) is 1. The maximum atomic E-state index is 12.4. The Morgan fingerprint density at radius 2 is 1.95 bits per heavy atom. The molecule has 1 aliphatic rings. The number of amides is 1. The number of carbonyl (C=O) groups is 1. The standard InChI is InChI=1S/C12H16N2O4S2.C2H6/c1-9(15)13-7-10-8-14(20(2,17)18)11-5-3-4-6-12(11)19(10)16;1-2/h3-6,10H,7-8H2,1-2H3,(H,13,15);1-2H3/t10-,19?;/m0./s1. The van der Waals surface area contributed by atoms with E-state index in [1.165, 1.54) is 11.2 Å². The first-order valence-electron chi connectivity index (χ1n) is 7.02. The summed E-state index contributed by atoms with van der Waals surface area (Å²) in [4.78, 5) is 11.5. The van der Waals surface area contributed by atoms with Crippen molar-refractivity contribution in [1.82, 2.24) is 5.32 Å². The van der Waals surface area contributed by atoms with E-state index in [9.17, 15) is 17.4 Å². The third-order valence-electron chi connectivity index (χ3n) is 3.00. The molecule has 1 aliphatic heterocycles. The molecular formula is C14H22N2O4S2. The van der Waals surface area contributed by atoms with Gasteiger partial charge in [-0.3, -0.25) is 13.3 Å². The van der Waals surface area contributed by atoms with Crippen LogP contribution in [-0.4, -0.2) is 43.1 Å². The second-order valence-electron chi connectivity index (χ2n) is 4.62. The van der Waals surface area contributed by atoms with Gasteiger partial charge in [0.2, 0.25) is 15.9 Å². The number of carbonyl (C=O) groups excluding carboxylic acids is 1. The smallest absolute Gasteiger partial charge is 0.232 e. The van der Waals surface area contributed by atoms with Crippen molar-refractivity contribution >= 4 is 32.4 Å². The molecule has 6 nitrogen and oxygen atoms in total. The summed E-state index contributed by atoms with van der Waals surface area (Å²) in [5.41, 5.74) is 0.451. The van der Waals surface area contributed by atoms with Gasteiger partial charge < -0.3 is 5.32 Å². The lowest BCUT2D eigenvalue weighted by molar-refractivity contribution is -0.118. The summed E-state index contributed by atoms with van der Waals surface area (Å²) in [5.74, 6) is -0.230. The first kappa shape index (κ1) is 18.6. The van der Waals surface area contributed by atoms with Crippen molar-refractivity contribution in [2.24, 2.45) is 0 Å². The van der Waals surface area contributed by atoms with E-state index in [1.807, 2.05) is 13.8 Å². The van der Waals surface area contributed by atoms with E-state index in [2.05, 4.69) is 5.32 Å². The van der Waals surface area contributed by atoms with Crippen LogP contribution in [0.3, 0.4) is 0 Å². The zero-order chi connectivity index (χ0) is 16.9. The lowest BCUT2D eigenvalue weighted by Gasteiger charge is -2.33. The summed E-state index contributed by atoms with van der Waals surface area (Å²) in [6.07, 6.45) is 1.12. The highest BCUT2D eigenvalue weighted by Crippen LogP contribution is 2.32. The van der Waals surface area contributed by atoms with Gasteiger partial charge in [-0.1, -0.05) is 26.0 Å². The van der Waals surface area contributed by atoms with Gasteiger partial charge >= 0.3 is 0 Å². The van der Waals surface area contributed by atoms with Gasteiger partial charge in [-0.15, -0.1) is 0 Å². The Kier molecular flexibility index (Phi) is 6.55. The molecule has 1 unspecified atom stereocenters. The summed E-state index contributed by atoms with van der Waals surface area (Å²) in [6, 6.07) is 6.73. The highest BCUT2D eigenvalue weighted by molar-refractivity contribution is 7.92. The first-order chi connectivity index (χ1) is 10.3. The molecule has 0 aromatic heterocycles. The van der Waals surface area contributed by atoms with E-state index < -0.39 is 26.1 Å². The van der Waals surface area contributed by atoms with Gasteiger partial charge in [0.15, 0.2) is 0 Å². The largest absolute Gasteiger partial charge is 0.355 e. The van der Waals surface area contributed by atoms with E-state index in [0.717, 1.165) is 6.26 Å². The van der Waals surface area contributed by atoms with Crippen LogP contribution < -0.4 is 9.62 Å². The molecule has 0 aliphatic carbocycles. The fourth-order valence-corrected chi connectivity index (χ4v) is 4.67. The first-order valence-corrected chi connectivity index (χ1v) is 10.1. The lowest BCUT2D eigenvalue weighted by atomic mass is 10.3. The zero-order valence-electron chi connectivity index (χ0n) is 13.2. The van der Waals surface area contributed by atoms with Crippen LogP contribution in [0.4, 0.5) is 5.69 Å². The van der Waals surface area contributed by atoms with Crippen molar-refractivity contribution in [1.29, 1.82) is 0 Å². The Hall–Kier alpha value is -1.41. The maximum absolute atomic E-state index is 12.4. The van der Waals surface area contributed by atoms with Gasteiger partial charge in [0.1, 0.15) is 0 Å². The average molecular weight is 346 g/mol. The molecule has 0 saturated carbocycles. The summed E-state index contributed by atoms with van der Waals surface area (Å²) >= 11 is 0. The number of anilines is 1. The van der Waals surface area contributed by atoms with Gasteiger partial charge in [-0.05, 0) is 12.1 Å². The fourth-order valence-electron chi connectivity index (χ4n) is 2.08. The lowest BCUT2D eigenvalue weighted by Crippen LogP contribution is -2.47. The third-order valence-corrected chi connectivity index (χ3v) is 5.85. The van der Waals surface area contributed by atoms with Crippen LogP contribution in [0.15, 0.2) is 29.2 Å². The molecule has 22 heavy (non-hydrogen) atoms. The fraction of sp³-hybridized carbons (Fsp3) is 0.500. The van der Waals surface area contributed by atoms with Crippen molar-refractivity contribution in [2.75, 3.05) is 23.7 Å². The van der Waals surface area contributed by atoms with E-state index in [4.69, 9.17) is 0 Å². The summed E-state index contributed by atoms with van der Waals surface area (Å²) in [5, 5.41) is 2.14. The molecule has 1 amide bonds. The van der Waals surface area contributed by atoms with Crippen molar-refractivity contribution in [3.8, 4) is 0 Å².